The van der Waals surface area contributed by atoms with Gasteiger partial charge in [-0.2, -0.15) is 0 Å². The maximum absolute atomic E-state index is 6.04. The summed E-state index contributed by atoms with van der Waals surface area (Å²) in [5, 5.41) is 0. The first kappa shape index (κ1) is 13.0. The monoisotopic (exact) mass is 276 g/mol. The van der Waals surface area contributed by atoms with Crippen LogP contribution in [0.1, 0.15) is 27.7 Å². The Kier molecular flexibility index (Phi) is 2.89. The Labute approximate surface area is 117 Å². The van der Waals surface area contributed by atoms with Crippen molar-refractivity contribution in [3.05, 3.63) is 30.5 Å². The minimum absolute atomic E-state index is 0.293. The molecule has 0 unspecified atom stereocenters. The topological polar surface area (TPSA) is 31.6 Å². The van der Waals surface area contributed by atoms with Gasteiger partial charge in [0.1, 0.15) is 5.76 Å². The van der Waals surface area contributed by atoms with Gasteiger partial charge in [-0.05, 0) is 45.9 Å². The molecule has 1 saturated heterocycles. The quantitative estimate of drug-likeness (QED) is 0.789. The van der Waals surface area contributed by atoms with Crippen LogP contribution in [0.3, 0.4) is 0 Å². The van der Waals surface area contributed by atoms with E-state index < -0.39 is 0 Å². The molecule has 0 aliphatic carbocycles. The molecule has 0 spiro atoms. The molecule has 100 valence electrons. The highest BCUT2D eigenvalue weighted by Gasteiger charge is 2.52. The molecule has 0 amide bonds. The van der Waals surface area contributed by atoms with Gasteiger partial charge in [-0.25, -0.2) is 0 Å². The van der Waals surface area contributed by atoms with Crippen LogP contribution in [0.5, 0.6) is 0 Å². The van der Waals surface area contributed by atoms with E-state index in [4.69, 9.17) is 13.7 Å². The number of rotatable bonds is 2. The largest absolute Gasteiger partial charge is 0.505 e. The Morgan fingerprint density at radius 2 is 1.68 bits per heavy atom. The zero-order chi connectivity index (χ0) is 13.7. The summed E-state index contributed by atoms with van der Waals surface area (Å²) in [5.74, 6) is 0.882. The number of hydrogen-bond donors (Lipinski definition) is 0. The van der Waals surface area contributed by atoms with Crippen LogP contribution >= 0.6 is 11.3 Å². The van der Waals surface area contributed by atoms with Crippen molar-refractivity contribution in [1.29, 1.82) is 0 Å². The number of thiophene rings is 1. The lowest BCUT2D eigenvalue weighted by Crippen LogP contribution is -2.41. The smallest absolute Gasteiger partial charge is 0.464 e. The van der Waals surface area contributed by atoms with E-state index in [1.807, 2.05) is 24.3 Å². The lowest BCUT2D eigenvalue weighted by Gasteiger charge is -2.32. The Morgan fingerprint density at radius 3 is 2.26 bits per heavy atom. The Bertz CT molecular complexity index is 555. The fourth-order valence-corrected chi connectivity index (χ4v) is 2.93. The van der Waals surface area contributed by atoms with E-state index in [0.717, 1.165) is 15.4 Å². The van der Waals surface area contributed by atoms with Gasteiger partial charge in [0.05, 0.1) is 22.3 Å². The minimum Gasteiger partial charge on any atom is -0.464 e. The molecular formula is C14H17BO3S. The summed E-state index contributed by atoms with van der Waals surface area (Å²) in [6.07, 6.45) is 1.68. The van der Waals surface area contributed by atoms with E-state index in [0.29, 0.717) is 0 Å². The summed E-state index contributed by atoms with van der Waals surface area (Å²) < 4.78 is 18.6. The molecule has 3 heterocycles. The molecule has 1 aliphatic heterocycles. The van der Waals surface area contributed by atoms with Crippen molar-refractivity contribution in [1.82, 2.24) is 0 Å². The van der Waals surface area contributed by atoms with Crippen molar-refractivity contribution < 1.29 is 13.7 Å². The second-order valence-corrected chi connectivity index (χ2v) is 6.88. The van der Waals surface area contributed by atoms with Crippen LogP contribution in [0.4, 0.5) is 0 Å². The van der Waals surface area contributed by atoms with E-state index >= 15 is 0 Å². The summed E-state index contributed by atoms with van der Waals surface area (Å²) in [5.41, 5.74) is -0.598. The van der Waals surface area contributed by atoms with Gasteiger partial charge in [-0.3, -0.25) is 0 Å². The first-order valence-electron chi connectivity index (χ1n) is 6.38. The van der Waals surface area contributed by atoms with Crippen LogP contribution in [0.2, 0.25) is 0 Å². The zero-order valence-corrected chi connectivity index (χ0v) is 12.4. The van der Waals surface area contributed by atoms with Gasteiger partial charge in [0.25, 0.3) is 0 Å². The van der Waals surface area contributed by atoms with Crippen LogP contribution in [-0.2, 0) is 9.31 Å². The Balaban J connectivity index is 1.85. The van der Waals surface area contributed by atoms with E-state index in [9.17, 15) is 0 Å². The molecule has 0 saturated carbocycles. The first-order chi connectivity index (χ1) is 8.89. The highest BCUT2D eigenvalue weighted by atomic mass is 32.1. The van der Waals surface area contributed by atoms with Crippen LogP contribution < -0.4 is 4.78 Å². The number of hydrogen-bond acceptors (Lipinski definition) is 4. The maximum Gasteiger partial charge on any atom is 0.505 e. The summed E-state index contributed by atoms with van der Waals surface area (Å²) >= 11 is 1.65. The Hall–Kier alpha value is -1.04. The van der Waals surface area contributed by atoms with Crippen molar-refractivity contribution in [2.45, 2.75) is 38.9 Å². The summed E-state index contributed by atoms with van der Waals surface area (Å²) in [6, 6.07) is 7.94. The van der Waals surface area contributed by atoms with Crippen molar-refractivity contribution in [2.75, 3.05) is 0 Å². The average Bonchev–Trinajstić information content (AvgIpc) is 3.00. The second-order valence-electron chi connectivity index (χ2n) is 5.77. The molecule has 1 fully saturated rings. The second kappa shape index (κ2) is 4.23. The molecule has 0 radical (unpaired) electrons. The molecule has 0 bridgehead atoms. The third-order valence-corrected chi connectivity index (χ3v) is 5.00. The molecule has 2 aromatic rings. The third-order valence-electron chi connectivity index (χ3n) is 3.88. The lowest BCUT2D eigenvalue weighted by molar-refractivity contribution is 0.00578. The molecule has 19 heavy (non-hydrogen) atoms. The molecule has 0 aromatic carbocycles. The highest BCUT2D eigenvalue weighted by Crippen LogP contribution is 2.37. The molecule has 5 heteroatoms. The van der Waals surface area contributed by atoms with Crippen LogP contribution in [0.15, 0.2) is 34.9 Å². The highest BCUT2D eigenvalue weighted by molar-refractivity contribution is 7.25. The predicted molar refractivity (Wildman–Crippen MR) is 77.7 cm³/mol. The summed E-state index contributed by atoms with van der Waals surface area (Å²) in [6.45, 7) is 8.25. The van der Waals surface area contributed by atoms with Gasteiger partial charge in [0, 0.05) is 4.78 Å². The fourth-order valence-electron chi connectivity index (χ4n) is 1.99. The molecule has 0 atom stereocenters. The molecule has 3 nitrogen and oxygen atoms in total. The van der Waals surface area contributed by atoms with Gasteiger partial charge < -0.3 is 13.7 Å². The van der Waals surface area contributed by atoms with Gasteiger partial charge in [0.15, 0.2) is 0 Å². The zero-order valence-electron chi connectivity index (χ0n) is 11.6. The van der Waals surface area contributed by atoms with E-state index in [-0.39, 0.29) is 18.3 Å². The standard InChI is InChI=1S/C14H17BO3S/c1-13(2)14(3,4)18-15(17-13)12-8-7-11(19-12)10-6-5-9-16-10/h5-9H,1-4H3. The lowest BCUT2D eigenvalue weighted by atomic mass is 9.88. The first-order valence-corrected chi connectivity index (χ1v) is 7.20. The van der Waals surface area contributed by atoms with Crippen molar-refractivity contribution >= 4 is 23.2 Å². The van der Waals surface area contributed by atoms with E-state index in [2.05, 4.69) is 27.7 Å². The average molecular weight is 276 g/mol. The van der Waals surface area contributed by atoms with Gasteiger partial charge in [-0.15, -0.1) is 11.3 Å². The molecule has 0 N–H and O–H groups in total. The summed E-state index contributed by atoms with van der Waals surface area (Å²) in [7, 11) is -0.293. The van der Waals surface area contributed by atoms with E-state index in [1.54, 1.807) is 17.6 Å². The normalized spacial score (nSPS) is 20.9. The Morgan fingerprint density at radius 1 is 1.00 bits per heavy atom. The predicted octanol–water partition coefficient (Wildman–Crippen LogP) is 3.31. The maximum atomic E-state index is 6.04. The van der Waals surface area contributed by atoms with Gasteiger partial charge >= 0.3 is 7.12 Å². The fraction of sp³-hybridized carbons (Fsp3) is 0.429. The third kappa shape index (κ3) is 2.16. The van der Waals surface area contributed by atoms with Crippen LogP contribution in [0.25, 0.3) is 10.6 Å². The van der Waals surface area contributed by atoms with Crippen molar-refractivity contribution in [2.24, 2.45) is 0 Å². The van der Waals surface area contributed by atoms with Crippen LogP contribution in [-0.4, -0.2) is 18.3 Å². The van der Waals surface area contributed by atoms with Gasteiger partial charge in [0.2, 0.25) is 0 Å². The van der Waals surface area contributed by atoms with Crippen LogP contribution in [0, 0.1) is 0 Å². The minimum atomic E-state index is -0.299. The summed E-state index contributed by atoms with van der Waals surface area (Å²) in [4.78, 5) is 1.09. The SMILES string of the molecule is CC1(C)OB(c2ccc(-c3ccco3)s2)OC1(C)C. The number of furan rings is 1. The molecule has 2 aromatic heterocycles. The molecule has 3 rings (SSSR count). The van der Waals surface area contributed by atoms with E-state index in [1.165, 1.54) is 0 Å². The molecular weight excluding hydrogens is 259 g/mol. The van der Waals surface area contributed by atoms with Gasteiger partial charge in [-0.1, -0.05) is 6.07 Å². The van der Waals surface area contributed by atoms with Crippen molar-refractivity contribution in [3.8, 4) is 10.6 Å². The van der Waals surface area contributed by atoms with Crippen molar-refractivity contribution in [3.63, 3.8) is 0 Å². The molecule has 1 aliphatic rings.